The molecule has 2 aliphatic rings. The zero-order chi connectivity index (χ0) is 19.1. The van der Waals surface area contributed by atoms with Crippen molar-refractivity contribution in [3.63, 3.8) is 0 Å². The molecule has 5 heteroatoms. The summed E-state index contributed by atoms with van der Waals surface area (Å²) in [6, 6.07) is 7.47. The van der Waals surface area contributed by atoms with E-state index in [1.807, 2.05) is 12.1 Å². The van der Waals surface area contributed by atoms with E-state index in [0.29, 0.717) is 19.1 Å². The summed E-state index contributed by atoms with van der Waals surface area (Å²) in [5.41, 5.74) is 0.761. The van der Waals surface area contributed by atoms with Crippen molar-refractivity contribution in [3.8, 4) is 0 Å². The van der Waals surface area contributed by atoms with E-state index in [9.17, 15) is 9.18 Å². The van der Waals surface area contributed by atoms with Crippen LogP contribution in [0, 0.1) is 5.82 Å². The molecule has 0 atom stereocenters. The summed E-state index contributed by atoms with van der Waals surface area (Å²) in [4.78, 5) is 19.6. The molecule has 1 saturated heterocycles. The standard InChI is InChI=1S/C22H34FN3O/c1-2-26(20-10-4-3-5-11-20)22(27)18-25-14-8-13-24(15-16-25)17-19-9-6-7-12-21(19)23/h6-7,9,12,20H,2-5,8,10-11,13-18H2,1H3. The predicted molar refractivity (Wildman–Crippen MR) is 107 cm³/mol. The van der Waals surface area contributed by atoms with Crippen LogP contribution in [-0.2, 0) is 11.3 Å². The number of nitrogens with zero attached hydrogens (tertiary/aromatic N) is 3. The van der Waals surface area contributed by atoms with Gasteiger partial charge in [-0.05, 0) is 45.3 Å². The van der Waals surface area contributed by atoms with E-state index >= 15 is 0 Å². The molecule has 150 valence electrons. The summed E-state index contributed by atoms with van der Waals surface area (Å²) >= 11 is 0. The molecule has 3 rings (SSSR count). The average molecular weight is 376 g/mol. The minimum Gasteiger partial charge on any atom is -0.339 e. The van der Waals surface area contributed by atoms with Gasteiger partial charge in [0, 0.05) is 37.8 Å². The minimum atomic E-state index is -0.125. The maximum atomic E-state index is 13.9. The number of likely N-dealkylation sites (N-methyl/N-ethyl adjacent to an activating group) is 1. The Hall–Kier alpha value is -1.46. The maximum absolute atomic E-state index is 13.9. The lowest BCUT2D eigenvalue weighted by Crippen LogP contribution is -2.46. The lowest BCUT2D eigenvalue weighted by molar-refractivity contribution is -0.135. The molecule has 0 unspecified atom stereocenters. The molecular weight excluding hydrogens is 341 g/mol. The SMILES string of the molecule is CCN(C(=O)CN1CCCN(Cc2ccccc2F)CC1)C1CCCCC1. The second-order valence-corrected chi connectivity index (χ2v) is 7.97. The molecule has 4 nitrogen and oxygen atoms in total. The number of hydrogen-bond donors (Lipinski definition) is 0. The first-order chi connectivity index (χ1) is 13.2. The Morgan fingerprint density at radius 1 is 1.04 bits per heavy atom. The van der Waals surface area contributed by atoms with Gasteiger partial charge >= 0.3 is 0 Å². The number of benzene rings is 1. The highest BCUT2D eigenvalue weighted by atomic mass is 19.1. The van der Waals surface area contributed by atoms with Crippen LogP contribution in [0.25, 0.3) is 0 Å². The highest BCUT2D eigenvalue weighted by molar-refractivity contribution is 5.78. The van der Waals surface area contributed by atoms with Crippen molar-refractivity contribution in [2.75, 3.05) is 39.3 Å². The second-order valence-electron chi connectivity index (χ2n) is 7.97. The molecular formula is C22H34FN3O. The fourth-order valence-corrected chi connectivity index (χ4v) is 4.52. The van der Waals surface area contributed by atoms with Gasteiger partial charge in [0.1, 0.15) is 5.82 Å². The lowest BCUT2D eigenvalue weighted by atomic mass is 9.94. The Balaban J connectivity index is 1.50. The van der Waals surface area contributed by atoms with Gasteiger partial charge in [-0.1, -0.05) is 37.5 Å². The van der Waals surface area contributed by atoms with Crippen molar-refractivity contribution in [1.29, 1.82) is 0 Å². The van der Waals surface area contributed by atoms with Gasteiger partial charge in [0.05, 0.1) is 6.54 Å². The van der Waals surface area contributed by atoms with E-state index in [0.717, 1.165) is 57.5 Å². The molecule has 1 aliphatic carbocycles. The third-order valence-corrected chi connectivity index (χ3v) is 6.07. The van der Waals surface area contributed by atoms with E-state index < -0.39 is 0 Å². The summed E-state index contributed by atoms with van der Waals surface area (Å²) in [7, 11) is 0. The van der Waals surface area contributed by atoms with Crippen LogP contribution >= 0.6 is 0 Å². The van der Waals surface area contributed by atoms with Crippen LogP contribution in [-0.4, -0.2) is 65.9 Å². The number of rotatable bonds is 6. The molecule has 1 aliphatic heterocycles. The third kappa shape index (κ3) is 5.76. The summed E-state index contributed by atoms with van der Waals surface area (Å²) < 4.78 is 13.9. The average Bonchev–Trinajstić information content (AvgIpc) is 2.90. The highest BCUT2D eigenvalue weighted by Gasteiger charge is 2.26. The maximum Gasteiger partial charge on any atom is 0.236 e. The van der Waals surface area contributed by atoms with Crippen molar-refractivity contribution < 1.29 is 9.18 Å². The third-order valence-electron chi connectivity index (χ3n) is 6.07. The molecule has 1 aromatic carbocycles. The van der Waals surface area contributed by atoms with Gasteiger partial charge < -0.3 is 4.90 Å². The number of amides is 1. The molecule has 0 bridgehead atoms. The van der Waals surface area contributed by atoms with Crippen molar-refractivity contribution in [1.82, 2.24) is 14.7 Å². The second kappa shape index (κ2) is 10.2. The lowest BCUT2D eigenvalue weighted by Gasteiger charge is -2.35. The van der Waals surface area contributed by atoms with E-state index in [1.165, 1.54) is 25.3 Å². The van der Waals surface area contributed by atoms with E-state index in [2.05, 4.69) is 21.6 Å². The van der Waals surface area contributed by atoms with Crippen molar-refractivity contribution >= 4 is 5.91 Å². The molecule has 27 heavy (non-hydrogen) atoms. The molecule has 1 amide bonds. The molecule has 0 radical (unpaired) electrons. The normalized spacial score (nSPS) is 20.4. The number of carbonyl (C=O) groups excluding carboxylic acids is 1. The molecule has 0 N–H and O–H groups in total. The Morgan fingerprint density at radius 3 is 2.48 bits per heavy atom. The topological polar surface area (TPSA) is 26.8 Å². The molecule has 1 saturated carbocycles. The zero-order valence-electron chi connectivity index (χ0n) is 16.7. The van der Waals surface area contributed by atoms with Gasteiger partial charge in [0.25, 0.3) is 0 Å². The summed E-state index contributed by atoms with van der Waals surface area (Å²) in [5.74, 6) is 0.159. The summed E-state index contributed by atoms with van der Waals surface area (Å²) in [6.45, 7) is 7.76. The first-order valence-corrected chi connectivity index (χ1v) is 10.6. The van der Waals surface area contributed by atoms with Crippen LogP contribution < -0.4 is 0 Å². The van der Waals surface area contributed by atoms with Gasteiger partial charge in [0.2, 0.25) is 5.91 Å². The molecule has 2 fully saturated rings. The predicted octanol–water partition coefficient (Wildman–Crippen LogP) is 3.51. The Labute approximate surface area is 163 Å². The zero-order valence-corrected chi connectivity index (χ0v) is 16.7. The quantitative estimate of drug-likeness (QED) is 0.761. The van der Waals surface area contributed by atoms with Crippen LogP contribution in [0.2, 0.25) is 0 Å². The van der Waals surface area contributed by atoms with Gasteiger partial charge in [0.15, 0.2) is 0 Å². The van der Waals surface area contributed by atoms with E-state index in [-0.39, 0.29) is 11.7 Å². The largest absolute Gasteiger partial charge is 0.339 e. The first-order valence-electron chi connectivity index (χ1n) is 10.6. The Morgan fingerprint density at radius 2 is 1.74 bits per heavy atom. The summed E-state index contributed by atoms with van der Waals surface area (Å²) in [5, 5.41) is 0. The Bertz CT molecular complexity index is 603. The van der Waals surface area contributed by atoms with Gasteiger partial charge in [-0.3, -0.25) is 14.6 Å². The van der Waals surface area contributed by atoms with E-state index in [1.54, 1.807) is 6.07 Å². The van der Waals surface area contributed by atoms with Crippen molar-refractivity contribution in [3.05, 3.63) is 35.6 Å². The van der Waals surface area contributed by atoms with Gasteiger partial charge in [-0.15, -0.1) is 0 Å². The highest BCUT2D eigenvalue weighted by Crippen LogP contribution is 2.23. The fraction of sp³-hybridized carbons (Fsp3) is 0.682. The van der Waals surface area contributed by atoms with E-state index in [4.69, 9.17) is 0 Å². The van der Waals surface area contributed by atoms with Crippen molar-refractivity contribution in [2.24, 2.45) is 0 Å². The van der Waals surface area contributed by atoms with Gasteiger partial charge in [-0.2, -0.15) is 0 Å². The molecule has 0 aromatic heterocycles. The fourth-order valence-electron chi connectivity index (χ4n) is 4.52. The summed E-state index contributed by atoms with van der Waals surface area (Å²) in [6.07, 6.45) is 7.17. The molecule has 0 spiro atoms. The van der Waals surface area contributed by atoms with Crippen LogP contribution in [0.3, 0.4) is 0 Å². The van der Waals surface area contributed by atoms with Crippen LogP contribution in [0.1, 0.15) is 51.0 Å². The molecule has 1 aromatic rings. The number of carbonyl (C=O) groups is 1. The van der Waals surface area contributed by atoms with Crippen LogP contribution in [0.5, 0.6) is 0 Å². The van der Waals surface area contributed by atoms with Crippen LogP contribution in [0.4, 0.5) is 4.39 Å². The first kappa shape index (κ1) is 20.3. The van der Waals surface area contributed by atoms with Crippen LogP contribution in [0.15, 0.2) is 24.3 Å². The number of halogens is 1. The monoisotopic (exact) mass is 375 g/mol. The number of hydrogen-bond acceptors (Lipinski definition) is 3. The van der Waals surface area contributed by atoms with Gasteiger partial charge in [-0.25, -0.2) is 4.39 Å². The molecule has 1 heterocycles. The van der Waals surface area contributed by atoms with Crippen molar-refractivity contribution in [2.45, 2.75) is 58.0 Å². The Kier molecular flexibility index (Phi) is 7.65. The minimum absolute atomic E-state index is 0.125. The smallest absolute Gasteiger partial charge is 0.236 e.